The lowest BCUT2D eigenvalue weighted by Gasteiger charge is -2.35. The van der Waals surface area contributed by atoms with Gasteiger partial charge in [0.2, 0.25) is 0 Å². The van der Waals surface area contributed by atoms with Crippen LogP contribution in [0.3, 0.4) is 0 Å². The van der Waals surface area contributed by atoms with E-state index in [1.54, 1.807) is 12.1 Å². The molecule has 2 N–H and O–H groups in total. The fourth-order valence-corrected chi connectivity index (χ4v) is 4.15. The third-order valence-electron chi connectivity index (χ3n) is 5.99. The standard InChI is InChI=1S/C26H27FN6O.ClH/c1-17(2)25-30-23(28-20-8-5-7-19(27)15-20)16-24(31-25)32-10-12-33(13-11-32)26(34)22-14-18-6-3-4-9-21(18)29-22;/h3-9,14-17,29H,10-13H2,1-2H3,(H,28,30,31);1H. The highest BCUT2D eigenvalue weighted by Gasteiger charge is 2.25. The number of nitrogens with one attached hydrogen (secondary N) is 2. The van der Waals surface area contributed by atoms with Crippen molar-refractivity contribution in [2.24, 2.45) is 0 Å². The summed E-state index contributed by atoms with van der Waals surface area (Å²) in [7, 11) is 0. The van der Waals surface area contributed by atoms with E-state index in [9.17, 15) is 9.18 Å². The molecule has 182 valence electrons. The highest BCUT2D eigenvalue weighted by atomic mass is 35.5. The molecule has 1 aliphatic rings. The summed E-state index contributed by atoms with van der Waals surface area (Å²) in [5, 5.41) is 4.23. The molecule has 5 rings (SSSR count). The molecular weight excluding hydrogens is 467 g/mol. The van der Waals surface area contributed by atoms with Crippen molar-refractivity contribution in [2.75, 3.05) is 36.4 Å². The lowest BCUT2D eigenvalue weighted by molar-refractivity contribution is 0.0741. The summed E-state index contributed by atoms with van der Waals surface area (Å²) in [6, 6.07) is 18.0. The number of piperazine rings is 1. The molecule has 3 heterocycles. The van der Waals surface area contributed by atoms with E-state index in [1.165, 1.54) is 12.1 Å². The second kappa shape index (κ2) is 10.3. The number of hydrogen-bond donors (Lipinski definition) is 2. The number of H-pyrrole nitrogens is 1. The SMILES string of the molecule is CC(C)c1nc(Nc2cccc(F)c2)cc(N2CCN(C(=O)c3cc4ccccc4[nH]3)CC2)n1.Cl. The van der Waals surface area contributed by atoms with Crippen molar-refractivity contribution in [3.63, 3.8) is 0 Å². The van der Waals surface area contributed by atoms with Crippen molar-refractivity contribution in [3.05, 3.63) is 78.0 Å². The number of hydrogen-bond acceptors (Lipinski definition) is 5. The fourth-order valence-electron chi connectivity index (χ4n) is 4.15. The molecule has 0 atom stereocenters. The van der Waals surface area contributed by atoms with E-state index in [2.05, 4.69) is 20.2 Å². The Balaban J connectivity index is 0.00000289. The van der Waals surface area contributed by atoms with Crippen LogP contribution < -0.4 is 10.2 Å². The number of rotatable bonds is 5. The predicted octanol–water partition coefficient (Wildman–Crippen LogP) is 5.35. The van der Waals surface area contributed by atoms with Crippen LogP contribution in [0.1, 0.15) is 36.1 Å². The zero-order valence-electron chi connectivity index (χ0n) is 19.7. The van der Waals surface area contributed by atoms with Gasteiger partial charge in [-0.3, -0.25) is 4.79 Å². The highest BCUT2D eigenvalue weighted by molar-refractivity contribution is 5.98. The largest absolute Gasteiger partial charge is 0.353 e. The van der Waals surface area contributed by atoms with Gasteiger partial charge in [-0.25, -0.2) is 14.4 Å². The molecule has 4 aromatic rings. The molecule has 0 aliphatic carbocycles. The van der Waals surface area contributed by atoms with Crippen LogP contribution in [-0.2, 0) is 0 Å². The van der Waals surface area contributed by atoms with E-state index in [1.807, 2.05) is 55.1 Å². The summed E-state index contributed by atoms with van der Waals surface area (Å²) in [5.74, 6) is 1.98. The number of anilines is 3. The van der Waals surface area contributed by atoms with Gasteiger partial charge >= 0.3 is 0 Å². The van der Waals surface area contributed by atoms with Crippen molar-refractivity contribution in [1.82, 2.24) is 19.9 Å². The van der Waals surface area contributed by atoms with Gasteiger partial charge in [-0.15, -0.1) is 12.4 Å². The first kappa shape index (κ1) is 24.5. The van der Waals surface area contributed by atoms with Gasteiger partial charge in [0.1, 0.15) is 29.0 Å². The Morgan fingerprint density at radius 2 is 1.77 bits per heavy atom. The van der Waals surface area contributed by atoms with Crippen LogP contribution in [0, 0.1) is 5.82 Å². The predicted molar refractivity (Wildman–Crippen MR) is 139 cm³/mol. The molecule has 7 nitrogen and oxygen atoms in total. The molecule has 9 heteroatoms. The van der Waals surface area contributed by atoms with E-state index in [-0.39, 0.29) is 30.0 Å². The maximum atomic E-state index is 13.6. The fraction of sp³-hybridized carbons (Fsp3) is 0.269. The maximum Gasteiger partial charge on any atom is 0.270 e. The minimum Gasteiger partial charge on any atom is -0.353 e. The molecule has 0 spiro atoms. The number of carbonyl (C=O) groups is 1. The van der Waals surface area contributed by atoms with Crippen LogP contribution in [0.2, 0.25) is 0 Å². The topological polar surface area (TPSA) is 77.2 Å². The molecule has 35 heavy (non-hydrogen) atoms. The van der Waals surface area contributed by atoms with Gasteiger partial charge in [0, 0.05) is 54.8 Å². The summed E-state index contributed by atoms with van der Waals surface area (Å²) >= 11 is 0. The first-order valence-electron chi connectivity index (χ1n) is 11.5. The Kier molecular flexibility index (Phi) is 7.21. The first-order valence-corrected chi connectivity index (χ1v) is 11.5. The molecule has 2 aromatic carbocycles. The second-order valence-electron chi connectivity index (χ2n) is 8.81. The number of para-hydroxylation sites is 1. The lowest BCUT2D eigenvalue weighted by atomic mass is 10.2. The number of benzene rings is 2. The lowest BCUT2D eigenvalue weighted by Crippen LogP contribution is -2.49. The van der Waals surface area contributed by atoms with Crippen molar-refractivity contribution in [1.29, 1.82) is 0 Å². The summed E-state index contributed by atoms with van der Waals surface area (Å²) in [4.78, 5) is 29.7. The van der Waals surface area contributed by atoms with Gasteiger partial charge in [0.25, 0.3) is 5.91 Å². The van der Waals surface area contributed by atoms with Crippen LogP contribution >= 0.6 is 12.4 Å². The van der Waals surface area contributed by atoms with Gasteiger partial charge in [0.15, 0.2) is 0 Å². The zero-order valence-corrected chi connectivity index (χ0v) is 20.5. The molecule has 0 bridgehead atoms. The van der Waals surface area contributed by atoms with Gasteiger partial charge in [0.05, 0.1) is 0 Å². The third kappa shape index (κ3) is 5.38. The first-order chi connectivity index (χ1) is 16.5. The minimum atomic E-state index is -0.306. The smallest absolute Gasteiger partial charge is 0.270 e. The quantitative estimate of drug-likeness (QED) is 0.391. The highest BCUT2D eigenvalue weighted by Crippen LogP contribution is 2.24. The van der Waals surface area contributed by atoms with Gasteiger partial charge in [-0.1, -0.05) is 38.1 Å². The molecule has 0 radical (unpaired) electrons. The van der Waals surface area contributed by atoms with Gasteiger partial charge < -0.3 is 20.1 Å². The van der Waals surface area contributed by atoms with E-state index < -0.39 is 0 Å². The van der Waals surface area contributed by atoms with Crippen LogP contribution in [0.5, 0.6) is 0 Å². The number of amides is 1. The van der Waals surface area contributed by atoms with E-state index in [0.717, 1.165) is 16.7 Å². The molecule has 1 fully saturated rings. The van der Waals surface area contributed by atoms with Crippen LogP contribution in [0.4, 0.5) is 21.7 Å². The molecular formula is C26H28ClFN6O. The molecule has 2 aromatic heterocycles. The number of nitrogens with zero attached hydrogens (tertiary/aromatic N) is 4. The van der Waals surface area contributed by atoms with Crippen molar-refractivity contribution in [2.45, 2.75) is 19.8 Å². The average molecular weight is 495 g/mol. The minimum absolute atomic E-state index is 0. The number of halogens is 2. The Labute approximate surface area is 209 Å². The monoisotopic (exact) mass is 494 g/mol. The Hall–Kier alpha value is -3.65. The molecule has 0 saturated carbocycles. The number of carbonyl (C=O) groups excluding carboxylic acids is 1. The maximum absolute atomic E-state index is 13.6. The summed E-state index contributed by atoms with van der Waals surface area (Å²) in [6.07, 6.45) is 0. The molecule has 1 saturated heterocycles. The number of fused-ring (bicyclic) bond motifs is 1. The normalized spacial score (nSPS) is 13.7. The van der Waals surface area contributed by atoms with Crippen molar-refractivity contribution in [3.8, 4) is 0 Å². The van der Waals surface area contributed by atoms with Crippen molar-refractivity contribution >= 4 is 46.5 Å². The number of aromatic nitrogens is 3. The van der Waals surface area contributed by atoms with E-state index in [0.29, 0.717) is 49.2 Å². The Morgan fingerprint density at radius 3 is 2.49 bits per heavy atom. The van der Waals surface area contributed by atoms with Gasteiger partial charge in [-0.05, 0) is 30.3 Å². The van der Waals surface area contributed by atoms with E-state index in [4.69, 9.17) is 4.98 Å². The average Bonchev–Trinajstić information content (AvgIpc) is 3.28. The number of aromatic amines is 1. The molecule has 1 amide bonds. The van der Waals surface area contributed by atoms with Crippen LogP contribution in [0.15, 0.2) is 60.7 Å². The second-order valence-corrected chi connectivity index (χ2v) is 8.81. The van der Waals surface area contributed by atoms with Gasteiger partial charge in [-0.2, -0.15) is 0 Å². The van der Waals surface area contributed by atoms with Crippen molar-refractivity contribution < 1.29 is 9.18 Å². The summed E-state index contributed by atoms with van der Waals surface area (Å²) < 4.78 is 13.6. The van der Waals surface area contributed by atoms with Crippen LogP contribution in [0.25, 0.3) is 10.9 Å². The summed E-state index contributed by atoms with van der Waals surface area (Å²) in [6.45, 7) is 6.62. The molecule has 0 unspecified atom stereocenters. The third-order valence-corrected chi connectivity index (χ3v) is 5.99. The zero-order chi connectivity index (χ0) is 23.7. The van der Waals surface area contributed by atoms with E-state index >= 15 is 0 Å². The summed E-state index contributed by atoms with van der Waals surface area (Å²) in [5.41, 5.74) is 2.21. The Morgan fingerprint density at radius 1 is 1.00 bits per heavy atom. The molecule has 1 aliphatic heterocycles. The Bertz CT molecular complexity index is 1300. The van der Waals surface area contributed by atoms with Crippen LogP contribution in [-0.4, -0.2) is 51.9 Å².